The second-order valence-electron chi connectivity index (χ2n) is 4.89. The van der Waals surface area contributed by atoms with E-state index in [1.807, 2.05) is 6.92 Å². The number of aromatic nitrogens is 1. The van der Waals surface area contributed by atoms with Crippen LogP contribution in [-0.2, 0) is 16.0 Å². The standard InChI is InChI=1S/C14H19N3O4/c1-2-12-9-17(5-6-21-12)14(20)16-11-4-3-10(15-8-11)7-13(18)19/h3-4,8,12H,2,5-7,9H2,1H3,(H,16,20)(H,18,19). The Hall–Kier alpha value is -2.15. The van der Waals surface area contributed by atoms with E-state index in [2.05, 4.69) is 10.3 Å². The van der Waals surface area contributed by atoms with Crippen molar-refractivity contribution in [1.82, 2.24) is 9.88 Å². The van der Waals surface area contributed by atoms with Crippen molar-refractivity contribution < 1.29 is 19.4 Å². The van der Waals surface area contributed by atoms with Gasteiger partial charge < -0.3 is 20.1 Å². The zero-order chi connectivity index (χ0) is 15.2. The van der Waals surface area contributed by atoms with E-state index < -0.39 is 5.97 Å². The van der Waals surface area contributed by atoms with Crippen LogP contribution < -0.4 is 5.32 Å². The molecule has 0 spiro atoms. The fraction of sp³-hybridized carbons (Fsp3) is 0.500. The van der Waals surface area contributed by atoms with Crippen LogP contribution in [-0.4, -0.2) is 52.8 Å². The lowest BCUT2D eigenvalue weighted by molar-refractivity contribution is -0.136. The Kier molecular flexibility index (Phi) is 5.10. The predicted octanol–water partition coefficient (Wildman–Crippen LogP) is 1.35. The number of ether oxygens (including phenoxy) is 1. The van der Waals surface area contributed by atoms with Crippen LogP contribution >= 0.6 is 0 Å². The first-order chi connectivity index (χ1) is 10.1. The minimum absolute atomic E-state index is 0.0839. The Morgan fingerprint density at radius 1 is 1.52 bits per heavy atom. The minimum Gasteiger partial charge on any atom is -0.481 e. The Balaban J connectivity index is 1.91. The molecule has 0 aromatic carbocycles. The van der Waals surface area contributed by atoms with E-state index in [1.165, 1.54) is 6.20 Å². The van der Waals surface area contributed by atoms with Gasteiger partial charge in [0.25, 0.3) is 0 Å². The SMILES string of the molecule is CCC1CN(C(=O)Nc2ccc(CC(=O)O)nc2)CCO1. The number of nitrogens with zero attached hydrogens (tertiary/aromatic N) is 2. The molecule has 114 valence electrons. The van der Waals surface area contributed by atoms with E-state index >= 15 is 0 Å². The van der Waals surface area contributed by atoms with Crippen LogP contribution in [0.1, 0.15) is 19.0 Å². The molecule has 7 heteroatoms. The van der Waals surface area contributed by atoms with Gasteiger partial charge in [0.2, 0.25) is 0 Å². The molecule has 2 rings (SSSR count). The summed E-state index contributed by atoms with van der Waals surface area (Å²) < 4.78 is 5.52. The monoisotopic (exact) mass is 293 g/mol. The largest absolute Gasteiger partial charge is 0.481 e. The quantitative estimate of drug-likeness (QED) is 0.874. The number of amides is 2. The molecule has 0 radical (unpaired) electrons. The maximum atomic E-state index is 12.1. The van der Waals surface area contributed by atoms with Crippen LogP contribution in [0.15, 0.2) is 18.3 Å². The molecule has 2 amide bonds. The van der Waals surface area contributed by atoms with Gasteiger partial charge in [0.15, 0.2) is 0 Å². The number of nitrogens with one attached hydrogen (secondary N) is 1. The molecule has 2 heterocycles. The third-order valence-corrected chi connectivity index (χ3v) is 3.29. The molecule has 2 N–H and O–H groups in total. The first-order valence-corrected chi connectivity index (χ1v) is 6.92. The molecule has 7 nitrogen and oxygen atoms in total. The Bertz CT molecular complexity index is 503. The number of morpholine rings is 1. The third kappa shape index (κ3) is 4.42. The van der Waals surface area contributed by atoms with Gasteiger partial charge in [-0.2, -0.15) is 0 Å². The zero-order valence-corrected chi connectivity index (χ0v) is 11.9. The first-order valence-electron chi connectivity index (χ1n) is 6.92. The second-order valence-corrected chi connectivity index (χ2v) is 4.89. The van der Waals surface area contributed by atoms with Crippen LogP contribution in [0.25, 0.3) is 0 Å². The number of carbonyl (C=O) groups excluding carboxylic acids is 1. The molecular weight excluding hydrogens is 274 g/mol. The van der Waals surface area contributed by atoms with Gasteiger partial charge in [-0.05, 0) is 18.6 Å². The lowest BCUT2D eigenvalue weighted by Crippen LogP contribution is -2.47. The first kappa shape index (κ1) is 15.2. The topological polar surface area (TPSA) is 91.8 Å². The molecule has 1 aromatic heterocycles. The van der Waals surface area contributed by atoms with Crippen molar-refractivity contribution in [3.8, 4) is 0 Å². The highest BCUT2D eigenvalue weighted by atomic mass is 16.5. The molecule has 21 heavy (non-hydrogen) atoms. The van der Waals surface area contributed by atoms with Gasteiger partial charge in [-0.3, -0.25) is 9.78 Å². The summed E-state index contributed by atoms with van der Waals surface area (Å²) in [7, 11) is 0. The number of pyridine rings is 1. The van der Waals surface area contributed by atoms with E-state index in [0.717, 1.165) is 6.42 Å². The number of hydrogen-bond donors (Lipinski definition) is 2. The number of carbonyl (C=O) groups is 2. The van der Waals surface area contributed by atoms with Crippen molar-refractivity contribution in [2.75, 3.05) is 25.0 Å². The van der Waals surface area contributed by atoms with Gasteiger partial charge in [0.1, 0.15) is 0 Å². The number of carboxylic acids is 1. The summed E-state index contributed by atoms with van der Waals surface area (Å²) in [6.07, 6.45) is 2.29. The normalized spacial score (nSPS) is 18.3. The number of aliphatic carboxylic acids is 1. The summed E-state index contributed by atoms with van der Waals surface area (Å²) in [4.78, 5) is 28.4. The molecule has 0 saturated carbocycles. The van der Waals surface area contributed by atoms with Crippen molar-refractivity contribution in [1.29, 1.82) is 0 Å². The van der Waals surface area contributed by atoms with Gasteiger partial charge in [0, 0.05) is 13.1 Å². The summed E-state index contributed by atoms with van der Waals surface area (Å²) >= 11 is 0. The summed E-state index contributed by atoms with van der Waals surface area (Å²) in [5.74, 6) is -0.932. The minimum atomic E-state index is -0.932. The zero-order valence-electron chi connectivity index (χ0n) is 11.9. The highest BCUT2D eigenvalue weighted by Crippen LogP contribution is 2.12. The van der Waals surface area contributed by atoms with E-state index in [4.69, 9.17) is 9.84 Å². The lowest BCUT2D eigenvalue weighted by atomic mass is 10.2. The summed E-state index contributed by atoms with van der Waals surface area (Å²) in [6, 6.07) is 3.06. The van der Waals surface area contributed by atoms with Crippen molar-refractivity contribution in [3.05, 3.63) is 24.0 Å². The number of carboxylic acid groups (broad SMARTS) is 1. The number of rotatable bonds is 4. The maximum absolute atomic E-state index is 12.1. The van der Waals surface area contributed by atoms with Crippen molar-refractivity contribution in [3.63, 3.8) is 0 Å². The summed E-state index contributed by atoms with van der Waals surface area (Å²) in [5, 5.41) is 11.4. The molecule has 0 bridgehead atoms. The number of urea groups is 1. The van der Waals surface area contributed by atoms with Crippen LogP contribution in [0.5, 0.6) is 0 Å². The van der Waals surface area contributed by atoms with Crippen LogP contribution in [0.4, 0.5) is 10.5 Å². The molecular formula is C14H19N3O4. The highest BCUT2D eigenvalue weighted by Gasteiger charge is 2.23. The molecule has 0 aliphatic carbocycles. The highest BCUT2D eigenvalue weighted by molar-refractivity contribution is 5.89. The average molecular weight is 293 g/mol. The second kappa shape index (κ2) is 7.03. The van der Waals surface area contributed by atoms with Gasteiger partial charge in [-0.25, -0.2) is 4.79 Å². The van der Waals surface area contributed by atoms with E-state index in [-0.39, 0.29) is 18.6 Å². The lowest BCUT2D eigenvalue weighted by Gasteiger charge is -2.32. The predicted molar refractivity (Wildman–Crippen MR) is 76.2 cm³/mol. The van der Waals surface area contributed by atoms with Gasteiger partial charge in [-0.1, -0.05) is 6.92 Å². The number of anilines is 1. The molecule has 1 aliphatic heterocycles. The molecule has 1 aromatic rings. The molecule has 1 atom stereocenters. The molecule has 1 saturated heterocycles. The smallest absolute Gasteiger partial charge is 0.322 e. The van der Waals surface area contributed by atoms with Crippen LogP contribution in [0.3, 0.4) is 0 Å². The maximum Gasteiger partial charge on any atom is 0.322 e. The summed E-state index contributed by atoms with van der Waals surface area (Å²) in [6.45, 7) is 3.71. The van der Waals surface area contributed by atoms with Crippen molar-refractivity contribution in [2.24, 2.45) is 0 Å². The van der Waals surface area contributed by atoms with Crippen LogP contribution in [0, 0.1) is 0 Å². The fourth-order valence-electron chi connectivity index (χ4n) is 2.11. The van der Waals surface area contributed by atoms with Gasteiger partial charge >= 0.3 is 12.0 Å². The summed E-state index contributed by atoms with van der Waals surface area (Å²) in [5.41, 5.74) is 1.01. The Morgan fingerprint density at radius 3 is 2.95 bits per heavy atom. The Morgan fingerprint density at radius 2 is 2.33 bits per heavy atom. The van der Waals surface area contributed by atoms with Crippen molar-refractivity contribution in [2.45, 2.75) is 25.9 Å². The third-order valence-electron chi connectivity index (χ3n) is 3.29. The van der Waals surface area contributed by atoms with E-state index in [0.29, 0.717) is 31.1 Å². The van der Waals surface area contributed by atoms with E-state index in [1.54, 1.807) is 17.0 Å². The fourth-order valence-corrected chi connectivity index (χ4v) is 2.11. The average Bonchev–Trinajstić information content (AvgIpc) is 2.49. The molecule has 1 aliphatic rings. The molecule has 1 fully saturated rings. The Labute approximate surface area is 122 Å². The number of hydrogen-bond acceptors (Lipinski definition) is 4. The van der Waals surface area contributed by atoms with Crippen molar-refractivity contribution >= 4 is 17.7 Å². The van der Waals surface area contributed by atoms with Gasteiger partial charge in [0.05, 0.1) is 36.7 Å². The van der Waals surface area contributed by atoms with E-state index in [9.17, 15) is 9.59 Å². The van der Waals surface area contributed by atoms with Gasteiger partial charge in [-0.15, -0.1) is 0 Å². The van der Waals surface area contributed by atoms with Crippen LogP contribution in [0.2, 0.25) is 0 Å². The molecule has 1 unspecified atom stereocenters.